The van der Waals surface area contributed by atoms with Crippen molar-refractivity contribution in [2.75, 3.05) is 5.32 Å². The third-order valence-electron chi connectivity index (χ3n) is 1.64. The molecule has 0 saturated carbocycles. The standard InChI is InChI=1S/C8H10N2O5S/c9-8(11)10-7-4-2-1-3-6(7)5-15-16(12,13)14/h1-4H,5H2,(H3,9,10,11)(H,12,13,14). The summed E-state index contributed by atoms with van der Waals surface area (Å²) in [5, 5.41) is 2.29. The number of amides is 2. The summed E-state index contributed by atoms with van der Waals surface area (Å²) in [6.45, 7) is -0.394. The molecule has 0 aliphatic rings. The normalized spacial score (nSPS) is 11.1. The van der Waals surface area contributed by atoms with Crippen molar-refractivity contribution < 1.29 is 21.9 Å². The molecule has 0 atom stereocenters. The molecule has 1 aromatic rings. The lowest BCUT2D eigenvalue weighted by Crippen LogP contribution is -2.20. The Balaban J connectivity index is 2.83. The Morgan fingerprint density at radius 1 is 1.44 bits per heavy atom. The van der Waals surface area contributed by atoms with Gasteiger partial charge in [-0.2, -0.15) is 8.42 Å². The lowest BCUT2D eigenvalue weighted by Gasteiger charge is -2.08. The zero-order chi connectivity index (χ0) is 12.2. The summed E-state index contributed by atoms with van der Waals surface area (Å²) in [5.74, 6) is 0. The highest BCUT2D eigenvalue weighted by molar-refractivity contribution is 7.80. The van der Waals surface area contributed by atoms with Crippen molar-refractivity contribution in [3.8, 4) is 0 Å². The fraction of sp³-hybridized carbons (Fsp3) is 0.125. The van der Waals surface area contributed by atoms with E-state index < -0.39 is 23.0 Å². The molecular formula is C8H10N2O5S. The molecule has 1 aromatic carbocycles. The molecule has 1 rings (SSSR count). The second-order valence-corrected chi connectivity index (χ2v) is 3.93. The summed E-state index contributed by atoms with van der Waals surface area (Å²) in [5.41, 5.74) is 5.61. The van der Waals surface area contributed by atoms with Gasteiger partial charge in [0.05, 0.1) is 6.61 Å². The zero-order valence-electron chi connectivity index (χ0n) is 8.08. The van der Waals surface area contributed by atoms with Gasteiger partial charge in [-0.15, -0.1) is 0 Å². The SMILES string of the molecule is NC(=O)Nc1ccccc1COS(=O)(=O)O. The van der Waals surface area contributed by atoms with Gasteiger partial charge in [-0.3, -0.25) is 4.55 Å². The highest BCUT2D eigenvalue weighted by atomic mass is 32.3. The van der Waals surface area contributed by atoms with E-state index in [-0.39, 0.29) is 0 Å². The third-order valence-corrected chi connectivity index (χ3v) is 2.05. The van der Waals surface area contributed by atoms with E-state index in [1.807, 2.05) is 0 Å². The molecule has 0 saturated heterocycles. The number of primary amides is 1. The minimum atomic E-state index is -4.51. The van der Waals surface area contributed by atoms with E-state index >= 15 is 0 Å². The number of hydrogen-bond donors (Lipinski definition) is 3. The highest BCUT2D eigenvalue weighted by Crippen LogP contribution is 2.16. The number of urea groups is 1. The van der Waals surface area contributed by atoms with Crippen LogP contribution in [-0.4, -0.2) is 19.0 Å². The summed E-state index contributed by atoms with van der Waals surface area (Å²) in [7, 11) is -4.51. The maximum Gasteiger partial charge on any atom is 0.397 e. The highest BCUT2D eigenvalue weighted by Gasteiger charge is 2.08. The van der Waals surface area contributed by atoms with Crippen molar-refractivity contribution in [3.05, 3.63) is 29.8 Å². The molecule has 0 aliphatic carbocycles. The first-order valence-electron chi connectivity index (χ1n) is 4.14. The monoisotopic (exact) mass is 246 g/mol. The number of anilines is 1. The van der Waals surface area contributed by atoms with Gasteiger partial charge < -0.3 is 11.1 Å². The quantitative estimate of drug-likeness (QED) is 0.668. The van der Waals surface area contributed by atoms with E-state index in [1.54, 1.807) is 12.1 Å². The Bertz CT molecular complexity index is 485. The molecule has 2 amide bonds. The first-order chi connectivity index (χ1) is 7.38. The Labute approximate surface area is 92.2 Å². The molecule has 8 heteroatoms. The summed E-state index contributed by atoms with van der Waals surface area (Å²) in [6, 6.07) is 5.51. The number of rotatable bonds is 4. The molecule has 7 nitrogen and oxygen atoms in total. The van der Waals surface area contributed by atoms with Crippen LogP contribution < -0.4 is 11.1 Å². The molecule has 4 N–H and O–H groups in total. The number of nitrogens with one attached hydrogen (secondary N) is 1. The van der Waals surface area contributed by atoms with Crippen molar-refractivity contribution in [3.63, 3.8) is 0 Å². The van der Waals surface area contributed by atoms with Gasteiger partial charge in [0.2, 0.25) is 0 Å². The maximum atomic E-state index is 10.6. The Kier molecular flexibility index (Phi) is 3.82. The Morgan fingerprint density at radius 3 is 2.62 bits per heavy atom. The molecule has 0 spiro atoms. The van der Waals surface area contributed by atoms with Crippen molar-refractivity contribution in [2.24, 2.45) is 5.73 Å². The van der Waals surface area contributed by atoms with Crippen LogP contribution in [0.5, 0.6) is 0 Å². The number of para-hydroxylation sites is 1. The van der Waals surface area contributed by atoms with Crippen LogP contribution in [0.1, 0.15) is 5.56 Å². The largest absolute Gasteiger partial charge is 0.397 e. The molecule has 0 bridgehead atoms. The van der Waals surface area contributed by atoms with Gasteiger partial charge >= 0.3 is 16.4 Å². The number of carbonyl (C=O) groups is 1. The number of hydrogen-bond acceptors (Lipinski definition) is 4. The molecule has 88 valence electrons. The first-order valence-corrected chi connectivity index (χ1v) is 5.51. The van der Waals surface area contributed by atoms with E-state index in [4.69, 9.17) is 10.3 Å². The van der Waals surface area contributed by atoms with Crippen LogP contribution in [0.2, 0.25) is 0 Å². The van der Waals surface area contributed by atoms with Crippen LogP contribution in [0.3, 0.4) is 0 Å². The predicted molar refractivity (Wildman–Crippen MR) is 56.0 cm³/mol. The molecule has 16 heavy (non-hydrogen) atoms. The lowest BCUT2D eigenvalue weighted by atomic mass is 10.2. The summed E-state index contributed by atoms with van der Waals surface area (Å²) in [6.07, 6.45) is 0. The maximum absolute atomic E-state index is 10.6. The van der Waals surface area contributed by atoms with Gasteiger partial charge in [-0.05, 0) is 6.07 Å². The van der Waals surface area contributed by atoms with Gasteiger partial charge in [0.25, 0.3) is 0 Å². The van der Waals surface area contributed by atoms with Crippen LogP contribution in [0, 0.1) is 0 Å². The Hall–Kier alpha value is -1.64. The van der Waals surface area contributed by atoms with Crippen LogP contribution in [0.15, 0.2) is 24.3 Å². The van der Waals surface area contributed by atoms with Crippen LogP contribution in [0.4, 0.5) is 10.5 Å². The predicted octanol–water partition coefficient (Wildman–Crippen LogP) is 0.497. The van der Waals surface area contributed by atoms with Gasteiger partial charge in [0.1, 0.15) is 0 Å². The second kappa shape index (κ2) is 4.92. The first kappa shape index (κ1) is 12.4. The fourth-order valence-electron chi connectivity index (χ4n) is 1.04. The summed E-state index contributed by atoms with van der Waals surface area (Å²) in [4.78, 5) is 10.6. The van der Waals surface area contributed by atoms with Crippen molar-refractivity contribution in [1.82, 2.24) is 0 Å². The van der Waals surface area contributed by atoms with Gasteiger partial charge in [-0.1, -0.05) is 18.2 Å². The number of carbonyl (C=O) groups excluding carboxylic acids is 1. The minimum absolute atomic E-state index is 0.318. The van der Waals surface area contributed by atoms with Crippen molar-refractivity contribution >= 4 is 22.1 Å². The van der Waals surface area contributed by atoms with Gasteiger partial charge in [0.15, 0.2) is 0 Å². The second-order valence-electron chi connectivity index (χ2n) is 2.84. The topological polar surface area (TPSA) is 119 Å². The van der Waals surface area contributed by atoms with E-state index in [0.717, 1.165) is 0 Å². The van der Waals surface area contributed by atoms with E-state index in [9.17, 15) is 13.2 Å². The molecule has 0 heterocycles. The average molecular weight is 246 g/mol. The molecule has 0 radical (unpaired) electrons. The van der Waals surface area contributed by atoms with Crippen molar-refractivity contribution in [2.45, 2.75) is 6.61 Å². The fourth-order valence-corrected chi connectivity index (χ4v) is 1.31. The van der Waals surface area contributed by atoms with Gasteiger partial charge in [0, 0.05) is 11.3 Å². The van der Waals surface area contributed by atoms with Crippen LogP contribution >= 0.6 is 0 Å². The van der Waals surface area contributed by atoms with Crippen molar-refractivity contribution in [1.29, 1.82) is 0 Å². The molecule has 0 fully saturated rings. The van der Waals surface area contributed by atoms with Crippen LogP contribution in [0.25, 0.3) is 0 Å². The smallest absolute Gasteiger partial charge is 0.351 e. The van der Waals surface area contributed by atoms with E-state index in [2.05, 4.69) is 9.50 Å². The number of nitrogens with two attached hydrogens (primary N) is 1. The molecule has 0 unspecified atom stereocenters. The van der Waals surface area contributed by atoms with Gasteiger partial charge in [-0.25, -0.2) is 8.98 Å². The van der Waals surface area contributed by atoms with Crippen LogP contribution in [-0.2, 0) is 21.2 Å². The van der Waals surface area contributed by atoms with E-state index in [1.165, 1.54) is 12.1 Å². The zero-order valence-corrected chi connectivity index (χ0v) is 8.90. The summed E-state index contributed by atoms with van der Waals surface area (Å²) >= 11 is 0. The third kappa shape index (κ3) is 4.26. The lowest BCUT2D eigenvalue weighted by molar-refractivity contribution is 0.258. The minimum Gasteiger partial charge on any atom is -0.351 e. The van der Waals surface area contributed by atoms with E-state index in [0.29, 0.717) is 11.3 Å². The number of benzene rings is 1. The molecule has 0 aromatic heterocycles. The summed E-state index contributed by atoms with van der Waals surface area (Å²) < 4.78 is 33.3. The Morgan fingerprint density at radius 2 is 2.06 bits per heavy atom. The average Bonchev–Trinajstić information content (AvgIpc) is 2.14. The molecular weight excluding hydrogens is 236 g/mol. The molecule has 0 aliphatic heterocycles.